The maximum atomic E-state index is 3.59. The minimum Gasteiger partial charge on any atom is -0.313 e. The lowest BCUT2D eigenvalue weighted by Crippen LogP contribution is -2.37. The first-order valence-corrected chi connectivity index (χ1v) is 7.56. The molecule has 0 radical (unpaired) electrons. The first-order chi connectivity index (χ1) is 9.08. The van der Waals surface area contributed by atoms with Gasteiger partial charge in [0.1, 0.15) is 0 Å². The van der Waals surface area contributed by atoms with Crippen molar-refractivity contribution < 1.29 is 0 Å². The third-order valence-electron chi connectivity index (χ3n) is 4.23. The summed E-state index contributed by atoms with van der Waals surface area (Å²) in [5.41, 5.74) is 1.42. The predicted octanol–water partition coefficient (Wildman–Crippen LogP) is 3.31. The molecule has 1 aromatic rings. The number of benzene rings is 1. The quantitative estimate of drug-likeness (QED) is 0.809. The van der Waals surface area contributed by atoms with Crippen molar-refractivity contribution in [2.24, 2.45) is 11.8 Å². The molecule has 2 rings (SSSR count). The van der Waals surface area contributed by atoms with Gasteiger partial charge in [0, 0.05) is 25.2 Å². The van der Waals surface area contributed by atoms with Crippen molar-refractivity contribution in [1.82, 2.24) is 10.2 Å². The molecule has 19 heavy (non-hydrogen) atoms. The summed E-state index contributed by atoms with van der Waals surface area (Å²) in [6.07, 6.45) is 1.41. The standard InChI is InChI=1S/C17H28N2/c1-13(2)18-11-17(15-8-6-5-7-9-15)19(4)12-16-10-14(16)3/h5-9,13-14,16-18H,10-12H2,1-4H3. The minimum absolute atomic E-state index is 0.483. The van der Waals surface area contributed by atoms with Gasteiger partial charge in [-0.25, -0.2) is 0 Å². The summed E-state index contributed by atoms with van der Waals surface area (Å²) in [7, 11) is 2.27. The Morgan fingerprint density at radius 1 is 1.26 bits per heavy atom. The van der Waals surface area contributed by atoms with E-state index >= 15 is 0 Å². The third-order valence-corrected chi connectivity index (χ3v) is 4.23. The Morgan fingerprint density at radius 3 is 2.42 bits per heavy atom. The van der Waals surface area contributed by atoms with Crippen LogP contribution in [0.2, 0.25) is 0 Å². The van der Waals surface area contributed by atoms with E-state index in [4.69, 9.17) is 0 Å². The van der Waals surface area contributed by atoms with E-state index in [1.807, 2.05) is 0 Å². The average molecular weight is 260 g/mol. The van der Waals surface area contributed by atoms with Crippen molar-refractivity contribution in [1.29, 1.82) is 0 Å². The molecule has 1 saturated carbocycles. The van der Waals surface area contributed by atoms with Crippen molar-refractivity contribution >= 4 is 0 Å². The molecule has 0 heterocycles. The molecule has 1 fully saturated rings. The Balaban J connectivity index is 2.00. The van der Waals surface area contributed by atoms with Crippen LogP contribution in [0, 0.1) is 11.8 Å². The van der Waals surface area contributed by atoms with Crippen LogP contribution < -0.4 is 5.32 Å². The Morgan fingerprint density at radius 2 is 1.89 bits per heavy atom. The summed E-state index contributed by atoms with van der Waals surface area (Å²) in [6, 6.07) is 11.9. The van der Waals surface area contributed by atoms with Gasteiger partial charge in [0.2, 0.25) is 0 Å². The van der Waals surface area contributed by atoms with Crippen LogP contribution in [0.3, 0.4) is 0 Å². The maximum Gasteiger partial charge on any atom is 0.0469 e. The first-order valence-electron chi connectivity index (χ1n) is 7.56. The molecule has 0 aliphatic heterocycles. The molecular weight excluding hydrogens is 232 g/mol. The fourth-order valence-corrected chi connectivity index (χ4v) is 2.70. The molecule has 1 aliphatic carbocycles. The molecule has 3 atom stereocenters. The van der Waals surface area contributed by atoms with Crippen molar-refractivity contribution in [3.63, 3.8) is 0 Å². The Hall–Kier alpha value is -0.860. The molecule has 3 unspecified atom stereocenters. The number of likely N-dealkylation sites (N-methyl/N-ethyl adjacent to an activating group) is 1. The summed E-state index contributed by atoms with van der Waals surface area (Å²) >= 11 is 0. The number of rotatable bonds is 7. The van der Waals surface area contributed by atoms with E-state index in [0.29, 0.717) is 12.1 Å². The fraction of sp³-hybridized carbons (Fsp3) is 0.647. The second-order valence-corrected chi connectivity index (χ2v) is 6.40. The molecule has 1 aliphatic rings. The lowest BCUT2D eigenvalue weighted by molar-refractivity contribution is 0.222. The summed E-state index contributed by atoms with van der Waals surface area (Å²) in [4.78, 5) is 2.53. The smallest absolute Gasteiger partial charge is 0.0469 e. The van der Waals surface area contributed by atoms with Gasteiger partial charge in [-0.15, -0.1) is 0 Å². The van der Waals surface area contributed by atoms with Crippen LogP contribution in [0.15, 0.2) is 30.3 Å². The van der Waals surface area contributed by atoms with Crippen LogP contribution >= 0.6 is 0 Å². The second-order valence-electron chi connectivity index (χ2n) is 6.40. The van der Waals surface area contributed by atoms with Gasteiger partial charge in [-0.2, -0.15) is 0 Å². The van der Waals surface area contributed by atoms with E-state index in [1.165, 1.54) is 18.5 Å². The molecule has 2 nitrogen and oxygen atoms in total. The Labute approximate surface area is 118 Å². The van der Waals surface area contributed by atoms with E-state index in [1.54, 1.807) is 0 Å². The minimum atomic E-state index is 0.483. The van der Waals surface area contributed by atoms with E-state index in [0.717, 1.165) is 18.4 Å². The normalized spacial score (nSPS) is 23.9. The number of hydrogen-bond acceptors (Lipinski definition) is 2. The van der Waals surface area contributed by atoms with Gasteiger partial charge in [-0.1, -0.05) is 51.1 Å². The molecule has 0 spiro atoms. The zero-order valence-electron chi connectivity index (χ0n) is 12.8. The van der Waals surface area contributed by atoms with Crippen molar-refractivity contribution in [2.45, 2.75) is 39.3 Å². The molecule has 1 aromatic carbocycles. The van der Waals surface area contributed by atoms with Gasteiger partial charge in [-0.3, -0.25) is 4.90 Å². The monoisotopic (exact) mass is 260 g/mol. The Kier molecular flexibility index (Phi) is 5.00. The van der Waals surface area contributed by atoms with Crippen LogP contribution in [-0.2, 0) is 0 Å². The van der Waals surface area contributed by atoms with Crippen molar-refractivity contribution in [2.75, 3.05) is 20.1 Å². The van der Waals surface area contributed by atoms with Gasteiger partial charge in [0.25, 0.3) is 0 Å². The van der Waals surface area contributed by atoms with Crippen LogP contribution in [0.1, 0.15) is 38.8 Å². The van der Waals surface area contributed by atoms with Crippen molar-refractivity contribution in [3.8, 4) is 0 Å². The zero-order valence-corrected chi connectivity index (χ0v) is 12.8. The van der Waals surface area contributed by atoms with Gasteiger partial charge < -0.3 is 5.32 Å². The molecule has 106 valence electrons. The number of nitrogens with one attached hydrogen (secondary N) is 1. The summed E-state index contributed by atoms with van der Waals surface area (Å²) < 4.78 is 0. The Bertz CT molecular complexity index is 374. The molecule has 0 bridgehead atoms. The molecular formula is C17H28N2. The maximum absolute atomic E-state index is 3.59. The molecule has 0 saturated heterocycles. The van der Waals surface area contributed by atoms with Crippen molar-refractivity contribution in [3.05, 3.63) is 35.9 Å². The predicted molar refractivity (Wildman–Crippen MR) is 82.2 cm³/mol. The van der Waals surface area contributed by atoms with Crippen LogP contribution in [0.4, 0.5) is 0 Å². The summed E-state index contributed by atoms with van der Waals surface area (Å²) in [6.45, 7) is 9.04. The lowest BCUT2D eigenvalue weighted by Gasteiger charge is -2.30. The van der Waals surface area contributed by atoms with Gasteiger partial charge in [0.05, 0.1) is 0 Å². The van der Waals surface area contributed by atoms with E-state index in [-0.39, 0.29) is 0 Å². The average Bonchev–Trinajstić information content (AvgIpc) is 3.06. The van der Waals surface area contributed by atoms with Crippen LogP contribution in [0.5, 0.6) is 0 Å². The topological polar surface area (TPSA) is 15.3 Å². The van der Waals surface area contributed by atoms with E-state index in [2.05, 4.69) is 68.4 Å². The number of hydrogen-bond donors (Lipinski definition) is 1. The molecule has 2 heteroatoms. The third kappa shape index (κ3) is 4.32. The van der Waals surface area contributed by atoms with E-state index < -0.39 is 0 Å². The van der Waals surface area contributed by atoms with Crippen LogP contribution in [-0.4, -0.2) is 31.1 Å². The zero-order chi connectivity index (χ0) is 13.8. The first kappa shape index (κ1) is 14.5. The largest absolute Gasteiger partial charge is 0.313 e. The molecule has 0 amide bonds. The highest BCUT2D eigenvalue weighted by atomic mass is 15.2. The highest BCUT2D eigenvalue weighted by Crippen LogP contribution is 2.39. The van der Waals surface area contributed by atoms with Gasteiger partial charge in [-0.05, 0) is 30.9 Å². The highest BCUT2D eigenvalue weighted by Gasteiger charge is 2.34. The SMILES string of the molecule is CC(C)NCC(c1ccccc1)N(C)CC1CC1C. The van der Waals surface area contributed by atoms with E-state index in [9.17, 15) is 0 Å². The summed E-state index contributed by atoms with van der Waals surface area (Å²) in [5.74, 6) is 1.84. The lowest BCUT2D eigenvalue weighted by atomic mass is 10.0. The summed E-state index contributed by atoms with van der Waals surface area (Å²) in [5, 5.41) is 3.59. The van der Waals surface area contributed by atoms with Gasteiger partial charge in [0.15, 0.2) is 0 Å². The second kappa shape index (κ2) is 6.53. The number of nitrogens with zero attached hydrogens (tertiary/aromatic N) is 1. The molecule has 1 N–H and O–H groups in total. The fourth-order valence-electron chi connectivity index (χ4n) is 2.70. The molecule has 0 aromatic heterocycles. The van der Waals surface area contributed by atoms with Crippen LogP contribution in [0.25, 0.3) is 0 Å². The van der Waals surface area contributed by atoms with Gasteiger partial charge >= 0.3 is 0 Å². The highest BCUT2D eigenvalue weighted by molar-refractivity contribution is 5.19.